The van der Waals surface area contributed by atoms with Crippen molar-refractivity contribution in [1.82, 2.24) is 18.3 Å². The zero-order valence-corrected chi connectivity index (χ0v) is 49.3. The Balaban J connectivity index is 1.09. The van der Waals surface area contributed by atoms with Gasteiger partial charge in [-0.1, -0.05) is 212 Å². The molecule has 7 heteroatoms. The standard InChI is InChI=1S/C85H49N5O2/c86-50-66-80(87-67-34-16-10-28-56(67)57-29-11-17-35-68(57)87)82(89-71-44-40-54(51-22-4-1-5-23-51)48-64(71)78-73(89)46-42-62-60-32-14-20-38-75(60)91-84(62)78)77(53-26-8-3-9-27-53)83(81(66)88-69-36-18-12-30-58(69)59-31-13-19-37-70(59)88)90-72-45-41-55(52-24-6-2-7-25-52)49-65(72)79-74(90)47-43-63-61-33-15-21-39-76(61)92-85(63)79/h1-49H. The molecule has 7 nitrogen and oxygen atoms in total. The van der Waals surface area contributed by atoms with Gasteiger partial charge in [-0.3, -0.25) is 0 Å². The molecule has 14 aromatic carbocycles. The quantitative estimate of drug-likeness (QED) is 0.160. The molecule has 0 amide bonds. The second kappa shape index (κ2) is 19.2. The molecule has 0 fully saturated rings. The molecule has 0 aliphatic rings. The molecular weight excluding hydrogens is 1120 g/mol. The first-order valence-corrected chi connectivity index (χ1v) is 31.2. The summed E-state index contributed by atoms with van der Waals surface area (Å²) in [5.74, 6) is 0. The van der Waals surface area contributed by atoms with Crippen molar-refractivity contribution in [2.24, 2.45) is 0 Å². The van der Waals surface area contributed by atoms with Crippen molar-refractivity contribution in [3.8, 4) is 62.2 Å². The Bertz CT molecular complexity index is 6090. The Labute approximate surface area is 525 Å². The van der Waals surface area contributed by atoms with Crippen LogP contribution >= 0.6 is 0 Å². The summed E-state index contributed by atoms with van der Waals surface area (Å²) in [5.41, 5.74) is 20.7. The van der Waals surface area contributed by atoms with Gasteiger partial charge in [-0.05, 0) is 113 Å². The number of furan rings is 2. The van der Waals surface area contributed by atoms with E-state index in [1.165, 1.54) is 0 Å². The summed E-state index contributed by atoms with van der Waals surface area (Å²) in [6.07, 6.45) is 0. The molecule has 0 aliphatic carbocycles. The summed E-state index contributed by atoms with van der Waals surface area (Å²) in [4.78, 5) is 0. The first-order chi connectivity index (χ1) is 45.7. The van der Waals surface area contributed by atoms with Crippen molar-refractivity contribution < 1.29 is 8.83 Å². The Morgan fingerprint density at radius 1 is 0.239 bits per heavy atom. The van der Waals surface area contributed by atoms with Crippen LogP contribution in [0.5, 0.6) is 0 Å². The fraction of sp³-hybridized carbons (Fsp3) is 0. The second-order valence-corrected chi connectivity index (χ2v) is 24.1. The highest BCUT2D eigenvalue weighted by molar-refractivity contribution is 6.27. The van der Waals surface area contributed by atoms with Crippen molar-refractivity contribution in [2.75, 3.05) is 0 Å². The molecule has 0 spiro atoms. The van der Waals surface area contributed by atoms with E-state index in [-0.39, 0.29) is 0 Å². The first kappa shape index (κ1) is 50.4. The molecular formula is C85H49N5O2. The number of fused-ring (bicyclic) bond motifs is 20. The highest BCUT2D eigenvalue weighted by Gasteiger charge is 2.36. The second-order valence-electron chi connectivity index (χ2n) is 24.1. The van der Waals surface area contributed by atoms with Crippen LogP contribution in [-0.2, 0) is 0 Å². The van der Waals surface area contributed by atoms with Crippen LogP contribution in [0.3, 0.4) is 0 Å². The van der Waals surface area contributed by atoms with E-state index in [1.54, 1.807) is 0 Å². The normalized spacial score (nSPS) is 12.1. The van der Waals surface area contributed by atoms with Crippen molar-refractivity contribution >= 4 is 131 Å². The number of nitrogens with zero attached hydrogens (tertiary/aromatic N) is 5. The third-order valence-corrected chi connectivity index (χ3v) is 19.4. The van der Waals surface area contributed by atoms with Crippen LogP contribution in [0.2, 0.25) is 0 Å². The van der Waals surface area contributed by atoms with Crippen molar-refractivity contribution in [3.63, 3.8) is 0 Å². The van der Waals surface area contributed by atoms with E-state index in [9.17, 15) is 5.26 Å². The smallest absolute Gasteiger partial charge is 0.145 e. The summed E-state index contributed by atoms with van der Waals surface area (Å²) in [6, 6.07) is 109. The van der Waals surface area contributed by atoms with Crippen LogP contribution in [0.4, 0.5) is 0 Å². The van der Waals surface area contributed by atoms with Gasteiger partial charge in [0.15, 0.2) is 0 Å². The van der Waals surface area contributed by atoms with Gasteiger partial charge in [0.25, 0.3) is 0 Å². The average Bonchev–Trinajstić information content (AvgIpc) is 1.46. The van der Waals surface area contributed by atoms with E-state index >= 15 is 0 Å². The monoisotopic (exact) mass is 1170 g/mol. The Morgan fingerprint density at radius 3 is 0.946 bits per heavy atom. The van der Waals surface area contributed by atoms with Crippen molar-refractivity contribution in [2.45, 2.75) is 0 Å². The van der Waals surface area contributed by atoms with Gasteiger partial charge in [0, 0.05) is 59.4 Å². The summed E-state index contributed by atoms with van der Waals surface area (Å²) in [7, 11) is 0. The van der Waals surface area contributed by atoms with Crippen LogP contribution in [-0.4, -0.2) is 18.3 Å². The van der Waals surface area contributed by atoms with Crippen LogP contribution in [0.15, 0.2) is 306 Å². The maximum atomic E-state index is 13.3. The van der Waals surface area contributed by atoms with Crippen LogP contribution in [0, 0.1) is 11.3 Å². The Hall–Kier alpha value is -12.6. The molecule has 6 heterocycles. The molecule has 92 heavy (non-hydrogen) atoms. The van der Waals surface area contributed by atoms with Crippen LogP contribution in [0.1, 0.15) is 5.56 Å². The molecule has 0 N–H and O–H groups in total. The minimum absolute atomic E-state index is 0.481. The number of hydrogen-bond acceptors (Lipinski definition) is 3. The van der Waals surface area contributed by atoms with E-state index in [0.29, 0.717) is 5.56 Å². The molecule has 20 rings (SSSR count). The zero-order chi connectivity index (χ0) is 60.3. The summed E-state index contributed by atoms with van der Waals surface area (Å²) in [6.45, 7) is 0. The third kappa shape index (κ3) is 6.92. The van der Waals surface area contributed by atoms with Gasteiger partial charge < -0.3 is 27.1 Å². The van der Waals surface area contributed by atoms with Gasteiger partial charge in [-0.2, -0.15) is 5.26 Å². The topological polar surface area (TPSA) is 69.8 Å². The molecule has 6 aromatic heterocycles. The maximum Gasteiger partial charge on any atom is 0.145 e. The lowest BCUT2D eigenvalue weighted by Crippen LogP contribution is -2.16. The first-order valence-electron chi connectivity index (χ1n) is 31.2. The fourth-order valence-electron chi connectivity index (χ4n) is 15.6. The molecule has 0 saturated carbocycles. The van der Waals surface area contributed by atoms with Crippen LogP contribution < -0.4 is 0 Å². The summed E-state index contributed by atoms with van der Waals surface area (Å²) in [5, 5.41) is 25.7. The minimum atomic E-state index is 0.481. The number of hydrogen-bond donors (Lipinski definition) is 0. The average molecular weight is 1170 g/mol. The van der Waals surface area contributed by atoms with Gasteiger partial charge in [0.05, 0.1) is 77.7 Å². The summed E-state index contributed by atoms with van der Waals surface area (Å²) >= 11 is 0. The predicted octanol–water partition coefficient (Wildman–Crippen LogP) is 22.7. The predicted molar refractivity (Wildman–Crippen MR) is 379 cm³/mol. The van der Waals surface area contributed by atoms with E-state index < -0.39 is 0 Å². The lowest BCUT2D eigenvalue weighted by molar-refractivity contribution is 0.672. The number of nitriles is 1. The number of rotatable bonds is 7. The SMILES string of the molecule is N#Cc1c(-n2c3ccccc3c3ccccc32)c(-n2c3ccc(-c4ccccc4)cc3c3c4oc5ccccc5c4ccc32)c(-c2ccccc2)c(-n2c3ccc(-c4ccccc4)cc3c3c4oc5ccccc5c4ccc32)c1-n1c2ccccc2c2ccccc21. The fourth-order valence-corrected chi connectivity index (χ4v) is 15.6. The minimum Gasteiger partial charge on any atom is -0.455 e. The van der Waals surface area contributed by atoms with E-state index in [0.717, 1.165) is 187 Å². The highest BCUT2D eigenvalue weighted by atomic mass is 16.3. The molecule has 426 valence electrons. The number of aromatic nitrogens is 4. The molecule has 0 aliphatic heterocycles. The van der Waals surface area contributed by atoms with Gasteiger partial charge in [0.1, 0.15) is 34.0 Å². The molecule has 0 atom stereocenters. The van der Waals surface area contributed by atoms with E-state index in [4.69, 9.17) is 8.83 Å². The van der Waals surface area contributed by atoms with E-state index in [1.807, 2.05) is 12.1 Å². The summed E-state index contributed by atoms with van der Waals surface area (Å²) < 4.78 is 24.1. The molecule has 0 bridgehead atoms. The lowest BCUT2D eigenvalue weighted by atomic mass is 9.93. The van der Waals surface area contributed by atoms with E-state index in [2.05, 4.69) is 309 Å². The van der Waals surface area contributed by atoms with Crippen LogP contribution in [0.25, 0.3) is 187 Å². The Morgan fingerprint density at radius 2 is 0.554 bits per heavy atom. The van der Waals surface area contributed by atoms with Gasteiger partial charge in [0.2, 0.25) is 0 Å². The van der Waals surface area contributed by atoms with Crippen molar-refractivity contribution in [1.29, 1.82) is 5.26 Å². The molecule has 20 aromatic rings. The maximum absolute atomic E-state index is 13.3. The third-order valence-electron chi connectivity index (χ3n) is 19.4. The zero-order valence-electron chi connectivity index (χ0n) is 49.3. The number of benzene rings is 14. The molecule has 0 radical (unpaired) electrons. The molecule has 0 unspecified atom stereocenters. The van der Waals surface area contributed by atoms with Crippen molar-refractivity contribution in [3.05, 3.63) is 303 Å². The number of para-hydroxylation sites is 6. The lowest BCUT2D eigenvalue weighted by Gasteiger charge is -2.29. The van der Waals surface area contributed by atoms with Gasteiger partial charge in [-0.15, -0.1) is 0 Å². The van der Waals surface area contributed by atoms with Gasteiger partial charge >= 0.3 is 0 Å². The Kier molecular flexibility index (Phi) is 10.5. The molecule has 0 saturated heterocycles. The largest absolute Gasteiger partial charge is 0.455 e. The van der Waals surface area contributed by atoms with Gasteiger partial charge in [-0.25, -0.2) is 0 Å². The highest BCUT2D eigenvalue weighted by Crippen LogP contribution is 2.54.